The van der Waals surface area contributed by atoms with Gasteiger partial charge in [-0.3, -0.25) is 9.59 Å². The lowest BCUT2D eigenvalue weighted by molar-refractivity contribution is -0.120. The van der Waals surface area contributed by atoms with Gasteiger partial charge in [0.05, 0.1) is 26.5 Å². The summed E-state index contributed by atoms with van der Waals surface area (Å²) in [7, 11) is 1.50. The van der Waals surface area contributed by atoms with Gasteiger partial charge in [-0.1, -0.05) is 0 Å². The molecule has 2 rings (SSSR count). The maximum absolute atomic E-state index is 12.0. The Morgan fingerprint density at radius 2 is 1.85 bits per heavy atom. The molecule has 0 aliphatic rings. The molecule has 0 aliphatic heterocycles. The molecule has 0 fully saturated rings. The maximum atomic E-state index is 12.0. The SMILES string of the molecule is CCOc1ccc(C(=O)NCC(=O)N/N=C\c2cc(OC)ccc2O)cc1. The lowest BCUT2D eigenvalue weighted by Crippen LogP contribution is -2.34. The molecule has 3 N–H and O–H groups in total. The fourth-order valence-electron chi connectivity index (χ4n) is 2.11. The van der Waals surface area contributed by atoms with Gasteiger partial charge >= 0.3 is 0 Å². The van der Waals surface area contributed by atoms with Crippen molar-refractivity contribution in [2.75, 3.05) is 20.3 Å². The lowest BCUT2D eigenvalue weighted by atomic mass is 10.2. The van der Waals surface area contributed by atoms with E-state index in [1.54, 1.807) is 36.4 Å². The van der Waals surface area contributed by atoms with E-state index >= 15 is 0 Å². The largest absolute Gasteiger partial charge is 0.507 e. The van der Waals surface area contributed by atoms with Crippen LogP contribution in [0.2, 0.25) is 0 Å². The van der Waals surface area contributed by atoms with Gasteiger partial charge in [0.15, 0.2) is 0 Å². The lowest BCUT2D eigenvalue weighted by Gasteiger charge is -2.06. The Morgan fingerprint density at radius 1 is 1.15 bits per heavy atom. The summed E-state index contributed by atoms with van der Waals surface area (Å²) in [5.74, 6) is 0.318. The molecule has 0 bridgehead atoms. The highest BCUT2D eigenvalue weighted by atomic mass is 16.5. The Labute approximate surface area is 156 Å². The summed E-state index contributed by atoms with van der Waals surface area (Å²) in [6.07, 6.45) is 1.28. The first kappa shape index (κ1) is 19.8. The Hall–Kier alpha value is -3.55. The Balaban J connectivity index is 1.82. The van der Waals surface area contributed by atoms with Crippen LogP contribution in [0, 0.1) is 0 Å². The van der Waals surface area contributed by atoms with E-state index in [1.165, 1.54) is 19.4 Å². The van der Waals surface area contributed by atoms with Gasteiger partial charge in [-0.2, -0.15) is 5.10 Å². The number of rotatable bonds is 8. The molecule has 2 aromatic rings. The third-order valence-electron chi connectivity index (χ3n) is 3.46. The van der Waals surface area contributed by atoms with E-state index in [-0.39, 0.29) is 18.2 Å². The highest BCUT2D eigenvalue weighted by Crippen LogP contribution is 2.20. The number of nitrogens with zero attached hydrogens (tertiary/aromatic N) is 1. The zero-order chi connectivity index (χ0) is 19.6. The van der Waals surface area contributed by atoms with Gasteiger partial charge in [0, 0.05) is 11.1 Å². The number of hydrogen-bond acceptors (Lipinski definition) is 6. The second-order valence-corrected chi connectivity index (χ2v) is 5.36. The number of phenols is 1. The number of phenolic OH excluding ortho intramolecular Hbond substituents is 1. The molecule has 0 radical (unpaired) electrons. The third kappa shape index (κ3) is 6.03. The van der Waals surface area contributed by atoms with Gasteiger partial charge in [-0.15, -0.1) is 0 Å². The molecule has 0 spiro atoms. The molecule has 0 aromatic heterocycles. The van der Waals surface area contributed by atoms with Crippen LogP contribution in [-0.4, -0.2) is 43.4 Å². The minimum absolute atomic E-state index is 0.00222. The monoisotopic (exact) mass is 371 g/mol. The maximum Gasteiger partial charge on any atom is 0.259 e. The van der Waals surface area contributed by atoms with Crippen LogP contribution < -0.4 is 20.2 Å². The van der Waals surface area contributed by atoms with Crippen LogP contribution in [0.15, 0.2) is 47.6 Å². The van der Waals surface area contributed by atoms with Gasteiger partial charge in [-0.05, 0) is 49.4 Å². The Morgan fingerprint density at radius 3 is 2.52 bits per heavy atom. The zero-order valence-corrected chi connectivity index (χ0v) is 15.1. The second kappa shape index (κ2) is 9.81. The number of hydrazone groups is 1. The summed E-state index contributed by atoms with van der Waals surface area (Å²) in [6.45, 7) is 2.17. The molecule has 0 unspecified atom stereocenters. The zero-order valence-electron chi connectivity index (χ0n) is 15.1. The number of amides is 2. The van der Waals surface area contributed by atoms with Crippen LogP contribution in [0.25, 0.3) is 0 Å². The predicted octanol–water partition coefficient (Wildman–Crippen LogP) is 1.68. The molecule has 2 amide bonds. The van der Waals surface area contributed by atoms with Crippen molar-refractivity contribution in [2.45, 2.75) is 6.92 Å². The van der Waals surface area contributed by atoms with Crippen LogP contribution in [0.3, 0.4) is 0 Å². The molecule has 8 nitrogen and oxygen atoms in total. The minimum Gasteiger partial charge on any atom is -0.507 e. The van der Waals surface area contributed by atoms with Crippen molar-refractivity contribution in [1.29, 1.82) is 0 Å². The standard InChI is InChI=1S/C19H21N3O5/c1-3-27-15-6-4-13(5-7-15)19(25)20-12-18(24)22-21-11-14-10-16(26-2)8-9-17(14)23/h4-11,23H,3,12H2,1-2H3,(H,20,25)(H,22,24)/b21-11-. The molecule has 27 heavy (non-hydrogen) atoms. The molecule has 0 saturated heterocycles. The summed E-state index contributed by atoms with van der Waals surface area (Å²) in [4.78, 5) is 23.8. The first-order chi connectivity index (χ1) is 13.0. The molecular formula is C19H21N3O5. The molecule has 0 aliphatic carbocycles. The van der Waals surface area contributed by atoms with E-state index in [4.69, 9.17) is 9.47 Å². The van der Waals surface area contributed by atoms with E-state index in [2.05, 4.69) is 15.8 Å². The number of carbonyl (C=O) groups excluding carboxylic acids is 2. The van der Waals surface area contributed by atoms with E-state index < -0.39 is 5.91 Å². The second-order valence-electron chi connectivity index (χ2n) is 5.36. The van der Waals surface area contributed by atoms with Gasteiger partial charge in [0.25, 0.3) is 11.8 Å². The Bertz CT molecular complexity index is 819. The third-order valence-corrected chi connectivity index (χ3v) is 3.46. The van der Waals surface area contributed by atoms with Crippen LogP contribution in [-0.2, 0) is 4.79 Å². The summed E-state index contributed by atoms with van der Waals surface area (Å²) < 4.78 is 10.4. The minimum atomic E-state index is -0.507. The predicted molar refractivity (Wildman–Crippen MR) is 100 cm³/mol. The average Bonchev–Trinajstić information content (AvgIpc) is 2.68. The average molecular weight is 371 g/mol. The normalized spacial score (nSPS) is 10.4. The number of aromatic hydroxyl groups is 1. The topological polar surface area (TPSA) is 109 Å². The summed E-state index contributed by atoms with van der Waals surface area (Å²) in [5, 5.41) is 16.0. The van der Waals surface area contributed by atoms with Crippen molar-refractivity contribution >= 4 is 18.0 Å². The number of methoxy groups -OCH3 is 1. The van der Waals surface area contributed by atoms with Gasteiger partial charge in [0.1, 0.15) is 17.2 Å². The van der Waals surface area contributed by atoms with Gasteiger partial charge in [0.2, 0.25) is 0 Å². The summed E-state index contributed by atoms with van der Waals surface area (Å²) in [5.41, 5.74) is 3.07. The van der Waals surface area contributed by atoms with Crippen molar-refractivity contribution in [3.63, 3.8) is 0 Å². The summed E-state index contributed by atoms with van der Waals surface area (Å²) >= 11 is 0. The Kier molecular flexibility index (Phi) is 7.18. The van der Waals surface area contributed by atoms with Crippen molar-refractivity contribution in [2.24, 2.45) is 5.10 Å². The fourth-order valence-corrected chi connectivity index (χ4v) is 2.11. The summed E-state index contributed by atoms with van der Waals surface area (Å²) in [6, 6.07) is 11.2. The van der Waals surface area contributed by atoms with Gasteiger partial charge < -0.3 is 19.9 Å². The van der Waals surface area contributed by atoms with E-state index in [0.717, 1.165) is 0 Å². The quantitative estimate of drug-likeness (QED) is 0.483. The number of ether oxygens (including phenoxy) is 2. The van der Waals surface area contributed by atoms with Crippen molar-refractivity contribution in [3.05, 3.63) is 53.6 Å². The first-order valence-corrected chi connectivity index (χ1v) is 8.23. The van der Waals surface area contributed by atoms with Crippen LogP contribution in [0.1, 0.15) is 22.8 Å². The number of hydrogen-bond donors (Lipinski definition) is 3. The van der Waals surface area contributed by atoms with Crippen LogP contribution >= 0.6 is 0 Å². The molecule has 0 heterocycles. The molecule has 142 valence electrons. The van der Waals surface area contributed by atoms with E-state index in [9.17, 15) is 14.7 Å². The number of nitrogens with one attached hydrogen (secondary N) is 2. The van der Waals surface area contributed by atoms with E-state index in [0.29, 0.717) is 29.2 Å². The molecule has 2 aromatic carbocycles. The van der Waals surface area contributed by atoms with Crippen LogP contribution in [0.5, 0.6) is 17.2 Å². The van der Waals surface area contributed by atoms with Crippen molar-refractivity contribution in [3.8, 4) is 17.2 Å². The fraction of sp³-hybridized carbons (Fsp3) is 0.211. The molecule has 0 atom stereocenters. The molecule has 8 heteroatoms. The first-order valence-electron chi connectivity index (χ1n) is 8.23. The van der Waals surface area contributed by atoms with Crippen molar-refractivity contribution < 1.29 is 24.2 Å². The van der Waals surface area contributed by atoms with E-state index in [1.807, 2.05) is 6.92 Å². The van der Waals surface area contributed by atoms with Crippen molar-refractivity contribution in [1.82, 2.24) is 10.7 Å². The smallest absolute Gasteiger partial charge is 0.259 e. The molecule has 0 saturated carbocycles. The number of carbonyl (C=O) groups is 2. The molecular weight excluding hydrogens is 350 g/mol. The highest BCUT2D eigenvalue weighted by Gasteiger charge is 2.08. The number of benzene rings is 2. The van der Waals surface area contributed by atoms with Crippen LogP contribution in [0.4, 0.5) is 0 Å². The van der Waals surface area contributed by atoms with Gasteiger partial charge in [-0.25, -0.2) is 5.43 Å². The highest BCUT2D eigenvalue weighted by molar-refractivity contribution is 5.96.